The van der Waals surface area contributed by atoms with E-state index < -0.39 is 23.8 Å². The minimum Gasteiger partial charge on any atom is -0.387 e. The number of nitrogens with zero attached hydrogens (tertiary/aromatic N) is 2. The fraction of sp³-hybridized carbons (Fsp3) is 0.357. The molecule has 0 bridgehead atoms. The molecule has 122 valence electrons. The van der Waals surface area contributed by atoms with Gasteiger partial charge in [0.05, 0.1) is 6.10 Å². The number of urea groups is 1. The molecule has 0 saturated heterocycles. The van der Waals surface area contributed by atoms with Crippen molar-refractivity contribution < 1.29 is 18.7 Å². The molecule has 0 spiro atoms. The zero-order valence-corrected chi connectivity index (χ0v) is 12.7. The molecule has 2 amide bonds. The standard InChI is InChI=1S/C14H14F2N4O2S/c15-9-4-3-8(5-10(9)16)11(21)6-17-13(22)18-14-20-19-12(23-14)7-1-2-7/h3-5,7,11,21H,1-2,6H2,(H2,17,18,20,22)/t11-/m0/s1. The first kappa shape index (κ1) is 15.8. The van der Waals surface area contributed by atoms with E-state index in [9.17, 15) is 18.7 Å². The Hall–Kier alpha value is -2.13. The average Bonchev–Trinajstić information content (AvgIpc) is 3.28. The first-order valence-corrected chi connectivity index (χ1v) is 7.86. The highest BCUT2D eigenvalue weighted by Crippen LogP contribution is 2.41. The second kappa shape index (κ2) is 6.55. The van der Waals surface area contributed by atoms with Crippen molar-refractivity contribution in [3.63, 3.8) is 0 Å². The molecule has 3 N–H and O–H groups in total. The van der Waals surface area contributed by atoms with Gasteiger partial charge >= 0.3 is 6.03 Å². The van der Waals surface area contributed by atoms with E-state index in [4.69, 9.17) is 0 Å². The summed E-state index contributed by atoms with van der Waals surface area (Å²) in [5.74, 6) is -1.58. The van der Waals surface area contributed by atoms with Gasteiger partial charge in [-0.3, -0.25) is 5.32 Å². The van der Waals surface area contributed by atoms with Crippen LogP contribution in [-0.2, 0) is 0 Å². The van der Waals surface area contributed by atoms with Gasteiger partial charge in [-0.25, -0.2) is 13.6 Å². The van der Waals surface area contributed by atoms with Crippen molar-refractivity contribution >= 4 is 22.5 Å². The number of carbonyl (C=O) groups is 1. The Balaban J connectivity index is 1.50. The number of halogens is 2. The van der Waals surface area contributed by atoms with Crippen LogP contribution in [0.2, 0.25) is 0 Å². The second-order valence-corrected chi connectivity index (χ2v) is 6.25. The molecular weight excluding hydrogens is 326 g/mol. The molecule has 1 aromatic carbocycles. The van der Waals surface area contributed by atoms with Crippen molar-refractivity contribution in [3.05, 3.63) is 40.4 Å². The van der Waals surface area contributed by atoms with Gasteiger partial charge in [0, 0.05) is 12.5 Å². The molecule has 2 aromatic rings. The molecule has 1 fully saturated rings. The Morgan fingerprint density at radius 1 is 1.35 bits per heavy atom. The van der Waals surface area contributed by atoms with E-state index in [0.717, 1.165) is 30.0 Å². The number of anilines is 1. The summed E-state index contributed by atoms with van der Waals surface area (Å²) in [5, 5.41) is 24.0. The minimum atomic E-state index is -1.15. The van der Waals surface area contributed by atoms with E-state index in [1.54, 1.807) is 0 Å². The summed E-state index contributed by atoms with van der Waals surface area (Å²) >= 11 is 1.32. The molecule has 0 aliphatic heterocycles. The lowest BCUT2D eigenvalue weighted by molar-refractivity contribution is 0.174. The van der Waals surface area contributed by atoms with E-state index in [1.807, 2.05) is 0 Å². The van der Waals surface area contributed by atoms with Crippen LogP contribution in [-0.4, -0.2) is 27.9 Å². The van der Waals surface area contributed by atoms with Crippen molar-refractivity contribution in [1.82, 2.24) is 15.5 Å². The largest absolute Gasteiger partial charge is 0.387 e. The van der Waals surface area contributed by atoms with Crippen molar-refractivity contribution in [1.29, 1.82) is 0 Å². The molecule has 1 aliphatic carbocycles. The first-order valence-electron chi connectivity index (χ1n) is 7.04. The van der Waals surface area contributed by atoms with Crippen LogP contribution in [0, 0.1) is 11.6 Å². The van der Waals surface area contributed by atoms with Crippen LogP contribution >= 0.6 is 11.3 Å². The van der Waals surface area contributed by atoms with Gasteiger partial charge in [-0.05, 0) is 30.5 Å². The van der Waals surface area contributed by atoms with E-state index in [-0.39, 0.29) is 12.1 Å². The number of aliphatic hydroxyl groups is 1. The summed E-state index contributed by atoms with van der Waals surface area (Å²) in [6, 6.07) is 2.53. The molecule has 6 nitrogen and oxygen atoms in total. The molecular formula is C14H14F2N4O2S. The number of hydrogen-bond acceptors (Lipinski definition) is 5. The summed E-state index contributed by atoms with van der Waals surface area (Å²) in [7, 11) is 0. The van der Waals surface area contributed by atoms with Crippen LogP contribution < -0.4 is 10.6 Å². The summed E-state index contributed by atoms with van der Waals surface area (Å²) in [6.45, 7) is -0.148. The minimum absolute atomic E-state index is 0.148. The van der Waals surface area contributed by atoms with Crippen LogP contribution in [0.4, 0.5) is 18.7 Å². The number of benzene rings is 1. The molecule has 23 heavy (non-hydrogen) atoms. The average molecular weight is 340 g/mol. The predicted molar refractivity (Wildman–Crippen MR) is 80.2 cm³/mol. The van der Waals surface area contributed by atoms with Crippen LogP contribution in [0.3, 0.4) is 0 Å². The second-order valence-electron chi connectivity index (χ2n) is 5.24. The monoisotopic (exact) mass is 340 g/mol. The van der Waals surface area contributed by atoms with E-state index >= 15 is 0 Å². The lowest BCUT2D eigenvalue weighted by Gasteiger charge is -2.12. The Morgan fingerprint density at radius 2 is 2.13 bits per heavy atom. The van der Waals surface area contributed by atoms with Gasteiger partial charge in [-0.15, -0.1) is 10.2 Å². The smallest absolute Gasteiger partial charge is 0.321 e. The third kappa shape index (κ3) is 3.99. The number of amides is 2. The highest BCUT2D eigenvalue weighted by molar-refractivity contribution is 7.15. The van der Waals surface area contributed by atoms with Gasteiger partial charge in [0.15, 0.2) is 11.6 Å². The van der Waals surface area contributed by atoms with Gasteiger partial charge in [-0.2, -0.15) is 0 Å². The molecule has 0 unspecified atom stereocenters. The summed E-state index contributed by atoms with van der Waals surface area (Å²) in [4.78, 5) is 11.7. The summed E-state index contributed by atoms with van der Waals surface area (Å²) in [6.07, 6.45) is 1.05. The maximum atomic E-state index is 13.1. The fourth-order valence-corrected chi connectivity index (χ4v) is 2.86. The number of nitrogens with one attached hydrogen (secondary N) is 2. The third-order valence-electron chi connectivity index (χ3n) is 3.37. The van der Waals surface area contributed by atoms with Crippen LogP contribution in [0.5, 0.6) is 0 Å². The molecule has 1 saturated carbocycles. The van der Waals surface area contributed by atoms with Gasteiger partial charge < -0.3 is 10.4 Å². The number of aromatic nitrogens is 2. The van der Waals surface area contributed by atoms with Gasteiger partial charge in [0.1, 0.15) is 5.01 Å². The van der Waals surface area contributed by atoms with Crippen LogP contribution in [0.15, 0.2) is 18.2 Å². The van der Waals surface area contributed by atoms with E-state index in [0.29, 0.717) is 11.0 Å². The molecule has 0 radical (unpaired) electrons. The topological polar surface area (TPSA) is 87.1 Å². The lowest BCUT2D eigenvalue weighted by Crippen LogP contribution is -2.32. The Labute approximate surface area is 134 Å². The number of hydrogen-bond donors (Lipinski definition) is 3. The lowest BCUT2D eigenvalue weighted by atomic mass is 10.1. The summed E-state index contributed by atoms with van der Waals surface area (Å²) < 4.78 is 25.9. The third-order valence-corrected chi connectivity index (χ3v) is 4.37. The number of aliphatic hydroxyl groups excluding tert-OH is 1. The first-order chi connectivity index (χ1) is 11.0. The Morgan fingerprint density at radius 3 is 2.83 bits per heavy atom. The van der Waals surface area contributed by atoms with Gasteiger partial charge in [0.25, 0.3) is 0 Å². The van der Waals surface area contributed by atoms with E-state index in [2.05, 4.69) is 20.8 Å². The highest BCUT2D eigenvalue weighted by Gasteiger charge is 2.27. The molecule has 1 aromatic heterocycles. The van der Waals surface area contributed by atoms with Crippen molar-refractivity contribution in [2.75, 3.05) is 11.9 Å². The Kier molecular flexibility index (Phi) is 4.49. The molecule has 3 rings (SSSR count). The Bertz CT molecular complexity index is 721. The van der Waals surface area contributed by atoms with Crippen LogP contribution in [0.1, 0.15) is 35.4 Å². The molecule has 1 atom stereocenters. The summed E-state index contributed by atoms with van der Waals surface area (Å²) in [5.41, 5.74) is 0.177. The van der Waals surface area contributed by atoms with Crippen molar-refractivity contribution in [2.24, 2.45) is 0 Å². The van der Waals surface area contributed by atoms with Crippen molar-refractivity contribution in [3.8, 4) is 0 Å². The zero-order chi connectivity index (χ0) is 16.4. The maximum Gasteiger partial charge on any atom is 0.321 e. The number of carbonyl (C=O) groups excluding carboxylic acids is 1. The molecule has 9 heteroatoms. The quantitative estimate of drug-likeness (QED) is 0.781. The van der Waals surface area contributed by atoms with Gasteiger partial charge in [-0.1, -0.05) is 17.4 Å². The van der Waals surface area contributed by atoms with Gasteiger partial charge in [0.2, 0.25) is 5.13 Å². The highest BCUT2D eigenvalue weighted by atomic mass is 32.1. The maximum absolute atomic E-state index is 13.1. The van der Waals surface area contributed by atoms with Crippen molar-refractivity contribution in [2.45, 2.75) is 24.9 Å². The zero-order valence-electron chi connectivity index (χ0n) is 11.9. The predicted octanol–water partition coefficient (Wildman–Crippen LogP) is 2.55. The SMILES string of the molecule is O=C(NC[C@H](O)c1ccc(F)c(F)c1)Nc1nnc(C2CC2)s1. The van der Waals surface area contributed by atoms with E-state index in [1.165, 1.54) is 17.4 Å². The molecule has 1 aliphatic rings. The van der Waals surface area contributed by atoms with Crippen LogP contribution in [0.25, 0.3) is 0 Å². The fourth-order valence-electron chi connectivity index (χ4n) is 1.95. The number of rotatable bonds is 5. The normalized spacial score (nSPS) is 15.3. The molecule has 1 heterocycles.